The molecule has 0 fully saturated rings. The first kappa shape index (κ1) is 31.7. The van der Waals surface area contributed by atoms with Crippen LogP contribution in [0.1, 0.15) is 44.7 Å². The predicted molar refractivity (Wildman–Crippen MR) is 172 cm³/mol. The molecule has 0 bridgehead atoms. The van der Waals surface area contributed by atoms with Crippen LogP contribution in [0.3, 0.4) is 0 Å². The van der Waals surface area contributed by atoms with Crippen LogP contribution in [0.15, 0.2) is 72.2 Å². The molecule has 0 saturated carbocycles. The number of hydrogen-bond acceptors (Lipinski definition) is 7. The monoisotopic (exact) mass is 568 g/mol. The van der Waals surface area contributed by atoms with Crippen LogP contribution < -0.4 is 20.7 Å². The van der Waals surface area contributed by atoms with Gasteiger partial charge in [-0.2, -0.15) is 4.98 Å². The molecule has 0 atom stereocenters. The van der Waals surface area contributed by atoms with Crippen LogP contribution in [-0.4, -0.2) is 40.3 Å². The highest BCUT2D eigenvalue weighted by atomic mass is 16.2. The lowest BCUT2D eigenvalue weighted by Gasteiger charge is -2.38. The maximum atomic E-state index is 13.5. The van der Waals surface area contributed by atoms with Gasteiger partial charge in [0.15, 0.2) is 0 Å². The van der Waals surface area contributed by atoms with Crippen LogP contribution in [-0.2, 0) is 23.1 Å². The third kappa shape index (κ3) is 6.74. The first-order valence-corrected chi connectivity index (χ1v) is 14.2. The smallest absolute Gasteiger partial charge is 0.275 e. The van der Waals surface area contributed by atoms with Crippen molar-refractivity contribution in [3.05, 3.63) is 88.9 Å². The number of carbonyl (C=O) groups excluding carboxylic acids is 2. The van der Waals surface area contributed by atoms with Crippen molar-refractivity contribution in [2.24, 2.45) is 7.05 Å². The number of fused-ring (bicyclic) bond motifs is 2. The van der Waals surface area contributed by atoms with Crippen molar-refractivity contribution in [3.63, 3.8) is 0 Å². The normalized spacial score (nSPS) is 11.9. The molecule has 0 saturated heterocycles. The molecule has 42 heavy (non-hydrogen) atoms. The van der Waals surface area contributed by atoms with Crippen LogP contribution in [0.4, 0.5) is 28.7 Å². The van der Waals surface area contributed by atoms with E-state index in [4.69, 9.17) is 4.79 Å². The van der Waals surface area contributed by atoms with Gasteiger partial charge in [-0.05, 0) is 54.8 Å². The van der Waals surface area contributed by atoms with E-state index in [2.05, 4.69) is 54.8 Å². The van der Waals surface area contributed by atoms with Gasteiger partial charge in [0.05, 0.1) is 11.4 Å². The molecule has 4 aromatic rings. The SMILES string of the molecule is C=CC(=O)N1CCN(c2cc3cnc(Nc4ccc(CC)cc4)nc3n(C)c2=O)c2cccc(C)c21.C=O.CCCC. The maximum absolute atomic E-state index is 13.5. The average Bonchev–Trinajstić information content (AvgIpc) is 3.04. The highest BCUT2D eigenvalue weighted by molar-refractivity contribution is 6.05. The van der Waals surface area contributed by atoms with Crippen LogP contribution in [0.2, 0.25) is 0 Å². The zero-order valence-electron chi connectivity index (χ0n) is 25.2. The number of aryl methyl sites for hydroxylation is 3. The van der Waals surface area contributed by atoms with E-state index in [0.29, 0.717) is 30.4 Å². The Hall–Kier alpha value is -4.79. The Bertz CT molecular complexity index is 1590. The molecule has 0 radical (unpaired) electrons. The zero-order valence-corrected chi connectivity index (χ0v) is 25.2. The molecule has 2 aromatic heterocycles. The Morgan fingerprint density at radius 3 is 2.33 bits per heavy atom. The largest absolute Gasteiger partial charge is 0.333 e. The van der Waals surface area contributed by atoms with Crippen molar-refractivity contribution in [2.75, 3.05) is 28.2 Å². The number of amides is 1. The quantitative estimate of drug-likeness (QED) is 0.275. The number of para-hydroxylation sites is 1. The molecule has 220 valence electrons. The van der Waals surface area contributed by atoms with Gasteiger partial charge in [-0.25, -0.2) is 4.98 Å². The average molecular weight is 569 g/mol. The number of anilines is 5. The van der Waals surface area contributed by atoms with Crippen LogP contribution in [0.25, 0.3) is 11.0 Å². The van der Waals surface area contributed by atoms with Gasteiger partial charge in [-0.1, -0.05) is 64.5 Å². The zero-order chi connectivity index (χ0) is 30.8. The van der Waals surface area contributed by atoms with E-state index in [9.17, 15) is 9.59 Å². The van der Waals surface area contributed by atoms with Crippen LogP contribution >= 0.6 is 0 Å². The molecule has 1 N–H and O–H groups in total. The summed E-state index contributed by atoms with van der Waals surface area (Å²) in [6, 6.07) is 15.8. The van der Waals surface area contributed by atoms with Gasteiger partial charge in [0.2, 0.25) is 5.95 Å². The number of nitrogens with one attached hydrogen (secondary N) is 1. The van der Waals surface area contributed by atoms with Gasteiger partial charge < -0.3 is 19.9 Å². The lowest BCUT2D eigenvalue weighted by atomic mass is 10.1. The van der Waals surface area contributed by atoms with Crippen LogP contribution in [0, 0.1) is 6.92 Å². The number of rotatable bonds is 6. The Morgan fingerprint density at radius 2 is 1.71 bits per heavy atom. The third-order valence-corrected chi connectivity index (χ3v) is 7.10. The Kier molecular flexibility index (Phi) is 11.1. The predicted octanol–water partition coefficient (Wildman–Crippen LogP) is 6.24. The first-order chi connectivity index (χ1) is 20.3. The summed E-state index contributed by atoms with van der Waals surface area (Å²) in [5.41, 5.74) is 5.57. The lowest BCUT2D eigenvalue weighted by Crippen LogP contribution is -2.43. The van der Waals surface area contributed by atoms with E-state index in [0.717, 1.165) is 34.4 Å². The molecule has 0 spiro atoms. The van der Waals surface area contributed by atoms with Crippen molar-refractivity contribution in [3.8, 4) is 0 Å². The first-order valence-electron chi connectivity index (χ1n) is 14.2. The Morgan fingerprint density at radius 1 is 1.02 bits per heavy atom. The second kappa shape index (κ2) is 14.7. The van der Waals surface area contributed by atoms with E-state index in [1.807, 2.05) is 55.0 Å². The number of nitrogens with zero attached hydrogens (tertiary/aromatic N) is 5. The minimum absolute atomic E-state index is 0.158. The molecular weight excluding hydrogens is 528 g/mol. The molecule has 2 aromatic carbocycles. The number of pyridine rings is 1. The lowest BCUT2D eigenvalue weighted by molar-refractivity contribution is -0.114. The fourth-order valence-corrected chi connectivity index (χ4v) is 4.66. The molecule has 0 unspecified atom stereocenters. The number of carbonyl (C=O) groups is 2. The van der Waals surface area contributed by atoms with E-state index in [-0.39, 0.29) is 11.5 Å². The van der Waals surface area contributed by atoms with E-state index >= 15 is 0 Å². The summed E-state index contributed by atoms with van der Waals surface area (Å²) in [5.74, 6) is 0.265. The highest BCUT2D eigenvalue weighted by Crippen LogP contribution is 2.39. The fraction of sp³-hybridized carbons (Fsp3) is 0.303. The summed E-state index contributed by atoms with van der Waals surface area (Å²) < 4.78 is 1.55. The molecule has 9 nitrogen and oxygen atoms in total. The molecule has 5 rings (SSSR count). The second-order valence-corrected chi connectivity index (χ2v) is 9.83. The Labute approximate surface area is 247 Å². The van der Waals surface area contributed by atoms with Gasteiger partial charge in [0, 0.05) is 37.4 Å². The Balaban J connectivity index is 0.000000745. The molecule has 1 aliphatic heterocycles. The van der Waals surface area contributed by atoms with Crippen molar-refractivity contribution in [1.29, 1.82) is 0 Å². The maximum Gasteiger partial charge on any atom is 0.275 e. The van der Waals surface area contributed by atoms with Crippen LogP contribution in [0.5, 0.6) is 0 Å². The minimum Gasteiger partial charge on any atom is -0.333 e. The molecule has 0 aliphatic carbocycles. The molecule has 1 aliphatic rings. The third-order valence-electron chi connectivity index (χ3n) is 7.10. The second-order valence-electron chi connectivity index (χ2n) is 9.83. The number of aromatic nitrogens is 3. The van der Waals surface area contributed by atoms with E-state index < -0.39 is 0 Å². The fourth-order valence-electron chi connectivity index (χ4n) is 4.66. The summed E-state index contributed by atoms with van der Waals surface area (Å²) in [6.07, 6.45) is 6.66. The number of benzene rings is 2. The van der Waals surface area contributed by atoms with Gasteiger partial charge in [-0.3, -0.25) is 14.2 Å². The minimum atomic E-state index is -0.171. The highest BCUT2D eigenvalue weighted by Gasteiger charge is 2.29. The van der Waals surface area contributed by atoms with Crippen molar-refractivity contribution >= 4 is 52.4 Å². The summed E-state index contributed by atoms with van der Waals surface area (Å²) in [7, 11) is 1.72. The molecule has 1 amide bonds. The van der Waals surface area contributed by atoms with E-state index in [1.54, 1.807) is 22.7 Å². The molecule has 3 heterocycles. The van der Waals surface area contributed by atoms with Gasteiger partial charge in [0.25, 0.3) is 11.5 Å². The van der Waals surface area contributed by atoms with Crippen molar-refractivity contribution in [2.45, 2.75) is 47.0 Å². The number of unbranched alkanes of at least 4 members (excludes halogenated alkanes) is 1. The van der Waals surface area contributed by atoms with Gasteiger partial charge in [0.1, 0.15) is 18.1 Å². The summed E-state index contributed by atoms with van der Waals surface area (Å²) in [6.45, 7) is 15.0. The summed E-state index contributed by atoms with van der Waals surface area (Å²) in [4.78, 5) is 46.8. The summed E-state index contributed by atoms with van der Waals surface area (Å²) in [5, 5.41) is 3.97. The standard InChI is InChI=1S/C28H28N6O2.C4H10.CH2O/c1-5-19-10-12-21(13-11-19)30-28-29-17-20-16-23(27(36)32(4)26(20)31-28)33-14-15-34(24(35)6-2)25-18(3)8-7-9-22(25)33;1-3-4-2;1-2/h6-13,16-17H,2,5,14-15H2,1,3-4H3,(H,29,30,31);3-4H2,1-2H3;1H2. The molecule has 9 heteroatoms. The van der Waals surface area contributed by atoms with E-state index in [1.165, 1.54) is 24.5 Å². The number of hydrogen-bond donors (Lipinski definition) is 1. The topological polar surface area (TPSA) is 100 Å². The van der Waals surface area contributed by atoms with Gasteiger partial charge in [-0.15, -0.1) is 0 Å². The van der Waals surface area contributed by atoms with Gasteiger partial charge >= 0.3 is 0 Å². The molecular formula is C33H40N6O3. The van der Waals surface area contributed by atoms with Crippen molar-refractivity contribution in [1.82, 2.24) is 14.5 Å². The van der Waals surface area contributed by atoms with Crippen molar-refractivity contribution < 1.29 is 9.59 Å². The summed E-state index contributed by atoms with van der Waals surface area (Å²) >= 11 is 0.